The number of anilines is 1. The van der Waals surface area contributed by atoms with Crippen LogP contribution < -0.4 is 10.6 Å². The molecule has 2 N–H and O–H groups in total. The molecule has 0 bridgehead atoms. The van der Waals surface area contributed by atoms with E-state index >= 15 is 0 Å². The van der Waals surface area contributed by atoms with E-state index < -0.39 is 0 Å². The van der Waals surface area contributed by atoms with Crippen molar-refractivity contribution in [1.29, 1.82) is 0 Å². The highest BCUT2D eigenvalue weighted by Gasteiger charge is 2.05. The number of carbonyl (C=O) groups is 2. The van der Waals surface area contributed by atoms with Crippen LogP contribution in [0.15, 0.2) is 24.3 Å². The van der Waals surface area contributed by atoms with E-state index in [0.717, 1.165) is 19.3 Å². The average molecular weight is 248 g/mol. The Kier molecular flexibility index (Phi) is 5.91. The molecule has 0 saturated carbocycles. The molecule has 0 aliphatic carbocycles. The van der Waals surface area contributed by atoms with Crippen LogP contribution in [0.25, 0.3) is 0 Å². The van der Waals surface area contributed by atoms with Gasteiger partial charge in [-0.2, -0.15) is 0 Å². The maximum absolute atomic E-state index is 11.8. The van der Waals surface area contributed by atoms with Crippen molar-refractivity contribution in [1.82, 2.24) is 5.32 Å². The van der Waals surface area contributed by atoms with Crippen LogP contribution in [0.5, 0.6) is 0 Å². The zero-order chi connectivity index (χ0) is 13.4. The van der Waals surface area contributed by atoms with E-state index in [1.807, 2.05) is 0 Å². The van der Waals surface area contributed by atoms with Crippen LogP contribution in [-0.4, -0.2) is 18.4 Å². The van der Waals surface area contributed by atoms with Crippen LogP contribution in [0.3, 0.4) is 0 Å². The van der Waals surface area contributed by atoms with Crippen molar-refractivity contribution in [2.24, 2.45) is 0 Å². The van der Waals surface area contributed by atoms with Crippen molar-refractivity contribution < 1.29 is 9.59 Å². The van der Waals surface area contributed by atoms with Crippen molar-refractivity contribution in [3.63, 3.8) is 0 Å². The van der Waals surface area contributed by atoms with Gasteiger partial charge < -0.3 is 10.6 Å². The molecule has 18 heavy (non-hydrogen) atoms. The van der Waals surface area contributed by atoms with Crippen LogP contribution in [0.1, 0.15) is 43.5 Å². The standard InChI is InChI=1S/C14H20N2O2/c1-3-4-5-9-15-14(18)12-7-6-8-13(10-12)16-11(2)17/h6-8,10H,3-5,9H2,1-2H3,(H,15,18)(H,16,17). The van der Waals surface area contributed by atoms with E-state index in [-0.39, 0.29) is 11.8 Å². The summed E-state index contributed by atoms with van der Waals surface area (Å²) in [6, 6.07) is 6.93. The van der Waals surface area contributed by atoms with Crippen LogP contribution in [0, 0.1) is 0 Å². The van der Waals surface area contributed by atoms with E-state index in [1.54, 1.807) is 24.3 Å². The third-order valence-corrected chi connectivity index (χ3v) is 2.51. The van der Waals surface area contributed by atoms with Crippen LogP contribution in [0.2, 0.25) is 0 Å². The Bertz CT molecular complexity index is 416. The van der Waals surface area contributed by atoms with Crippen molar-refractivity contribution in [3.05, 3.63) is 29.8 Å². The third-order valence-electron chi connectivity index (χ3n) is 2.51. The van der Waals surface area contributed by atoms with E-state index in [0.29, 0.717) is 17.8 Å². The first-order valence-corrected chi connectivity index (χ1v) is 6.29. The minimum absolute atomic E-state index is 0.0988. The Labute approximate surface area is 108 Å². The number of benzene rings is 1. The second-order valence-electron chi connectivity index (χ2n) is 4.22. The molecule has 2 amide bonds. The van der Waals surface area contributed by atoms with Crippen LogP contribution >= 0.6 is 0 Å². The summed E-state index contributed by atoms with van der Waals surface area (Å²) in [5.41, 5.74) is 1.21. The molecular formula is C14H20N2O2. The lowest BCUT2D eigenvalue weighted by Crippen LogP contribution is -2.24. The minimum atomic E-state index is -0.143. The van der Waals surface area contributed by atoms with Gasteiger partial charge in [0, 0.05) is 24.7 Å². The molecule has 98 valence electrons. The molecule has 0 aliphatic heterocycles. The van der Waals surface area contributed by atoms with Gasteiger partial charge >= 0.3 is 0 Å². The zero-order valence-electron chi connectivity index (χ0n) is 11.0. The van der Waals surface area contributed by atoms with Gasteiger partial charge in [-0.25, -0.2) is 0 Å². The second-order valence-corrected chi connectivity index (χ2v) is 4.22. The van der Waals surface area contributed by atoms with Gasteiger partial charge in [0.2, 0.25) is 5.91 Å². The Morgan fingerprint density at radius 3 is 2.67 bits per heavy atom. The van der Waals surface area contributed by atoms with Gasteiger partial charge in [0.05, 0.1) is 0 Å². The highest BCUT2D eigenvalue weighted by molar-refractivity contribution is 5.96. The second kappa shape index (κ2) is 7.48. The SMILES string of the molecule is CCCCCNC(=O)c1cccc(NC(C)=O)c1. The normalized spacial score (nSPS) is 9.89. The Balaban J connectivity index is 2.54. The van der Waals surface area contributed by atoms with Gasteiger partial charge in [0.25, 0.3) is 5.91 Å². The largest absolute Gasteiger partial charge is 0.352 e. The number of carbonyl (C=O) groups excluding carboxylic acids is 2. The molecule has 0 radical (unpaired) electrons. The van der Waals surface area contributed by atoms with Crippen molar-refractivity contribution in [2.45, 2.75) is 33.1 Å². The molecule has 1 aromatic carbocycles. The van der Waals surface area contributed by atoms with Crippen LogP contribution in [-0.2, 0) is 4.79 Å². The molecule has 0 saturated heterocycles. The van der Waals surface area contributed by atoms with Crippen molar-refractivity contribution in [3.8, 4) is 0 Å². The fraction of sp³-hybridized carbons (Fsp3) is 0.429. The molecule has 0 heterocycles. The number of amides is 2. The Morgan fingerprint density at radius 1 is 1.22 bits per heavy atom. The van der Waals surface area contributed by atoms with Crippen molar-refractivity contribution >= 4 is 17.5 Å². The molecule has 0 aliphatic rings. The van der Waals surface area contributed by atoms with E-state index in [2.05, 4.69) is 17.6 Å². The number of nitrogens with one attached hydrogen (secondary N) is 2. The number of unbranched alkanes of at least 4 members (excludes halogenated alkanes) is 2. The Hall–Kier alpha value is -1.84. The molecule has 1 aromatic rings. The molecule has 0 aromatic heterocycles. The summed E-state index contributed by atoms with van der Waals surface area (Å²) in [5.74, 6) is -0.242. The fourth-order valence-corrected chi connectivity index (χ4v) is 1.62. The molecule has 1 rings (SSSR count). The zero-order valence-corrected chi connectivity index (χ0v) is 11.0. The first-order chi connectivity index (χ1) is 8.63. The third kappa shape index (κ3) is 4.99. The molecule has 4 heteroatoms. The summed E-state index contributed by atoms with van der Waals surface area (Å²) in [6.45, 7) is 4.26. The number of hydrogen-bond donors (Lipinski definition) is 2. The summed E-state index contributed by atoms with van der Waals surface area (Å²) in [6.07, 6.45) is 3.24. The highest BCUT2D eigenvalue weighted by Crippen LogP contribution is 2.10. The van der Waals surface area contributed by atoms with E-state index in [4.69, 9.17) is 0 Å². The number of hydrogen-bond acceptors (Lipinski definition) is 2. The topological polar surface area (TPSA) is 58.2 Å². The molecule has 4 nitrogen and oxygen atoms in total. The van der Waals surface area contributed by atoms with Gasteiger partial charge in [-0.3, -0.25) is 9.59 Å². The minimum Gasteiger partial charge on any atom is -0.352 e. The summed E-state index contributed by atoms with van der Waals surface area (Å²) in [7, 11) is 0. The summed E-state index contributed by atoms with van der Waals surface area (Å²) >= 11 is 0. The molecule has 0 unspecified atom stereocenters. The first-order valence-electron chi connectivity index (χ1n) is 6.29. The first kappa shape index (κ1) is 14.2. The van der Waals surface area contributed by atoms with Gasteiger partial charge in [0.15, 0.2) is 0 Å². The average Bonchev–Trinajstić information content (AvgIpc) is 2.34. The van der Waals surface area contributed by atoms with Crippen LogP contribution in [0.4, 0.5) is 5.69 Å². The van der Waals surface area contributed by atoms with Gasteiger partial charge in [-0.05, 0) is 24.6 Å². The van der Waals surface area contributed by atoms with Gasteiger partial charge in [-0.15, -0.1) is 0 Å². The van der Waals surface area contributed by atoms with Gasteiger partial charge in [0.1, 0.15) is 0 Å². The molecule has 0 fully saturated rings. The molecule has 0 spiro atoms. The summed E-state index contributed by atoms with van der Waals surface area (Å²) < 4.78 is 0. The summed E-state index contributed by atoms with van der Waals surface area (Å²) in [4.78, 5) is 22.7. The maximum atomic E-state index is 11.8. The number of rotatable bonds is 6. The summed E-state index contributed by atoms with van der Waals surface area (Å²) in [5, 5.41) is 5.52. The van der Waals surface area contributed by atoms with Crippen molar-refractivity contribution in [2.75, 3.05) is 11.9 Å². The quantitative estimate of drug-likeness (QED) is 0.760. The van der Waals surface area contributed by atoms with Gasteiger partial charge in [-0.1, -0.05) is 25.8 Å². The highest BCUT2D eigenvalue weighted by atomic mass is 16.2. The molecule has 0 atom stereocenters. The predicted octanol–water partition coefficient (Wildman–Crippen LogP) is 2.57. The lowest BCUT2D eigenvalue weighted by atomic mass is 10.2. The fourth-order valence-electron chi connectivity index (χ4n) is 1.62. The monoisotopic (exact) mass is 248 g/mol. The molecular weight excluding hydrogens is 228 g/mol. The Morgan fingerprint density at radius 2 is 2.00 bits per heavy atom. The van der Waals surface area contributed by atoms with E-state index in [9.17, 15) is 9.59 Å². The maximum Gasteiger partial charge on any atom is 0.251 e. The predicted molar refractivity (Wildman–Crippen MR) is 72.6 cm³/mol. The smallest absolute Gasteiger partial charge is 0.251 e. The lowest BCUT2D eigenvalue weighted by molar-refractivity contribution is -0.114. The van der Waals surface area contributed by atoms with E-state index in [1.165, 1.54) is 6.92 Å². The lowest BCUT2D eigenvalue weighted by Gasteiger charge is -2.07.